The van der Waals surface area contributed by atoms with E-state index >= 15 is 8.78 Å². The number of hydrogen-bond acceptors (Lipinski definition) is 8. The maximum Gasteiger partial charge on any atom is 0.322 e. The fourth-order valence-corrected chi connectivity index (χ4v) is 6.39. The summed E-state index contributed by atoms with van der Waals surface area (Å²) in [6.45, 7) is 8.91. The number of nitrogens with one attached hydrogen (secondary N) is 1. The Balaban J connectivity index is 1.57. The molecule has 4 aromatic heterocycles. The van der Waals surface area contributed by atoms with Crippen LogP contribution in [-0.2, 0) is 11.8 Å². The number of nitrogens with two attached hydrogens (primary N) is 1. The van der Waals surface area contributed by atoms with E-state index in [4.69, 9.17) is 10.5 Å². The number of halogens is 2. The number of rotatable bonds is 7. The van der Waals surface area contributed by atoms with Crippen molar-refractivity contribution in [1.82, 2.24) is 24.7 Å². The van der Waals surface area contributed by atoms with Crippen LogP contribution in [0.4, 0.5) is 20.3 Å². The third-order valence-corrected chi connectivity index (χ3v) is 8.42. The number of pyridine rings is 1. The Kier molecular flexibility index (Phi) is 7.59. The predicted octanol–water partition coefficient (Wildman–Crippen LogP) is 7.60. The molecule has 6 aromatic rings. The van der Waals surface area contributed by atoms with Crippen molar-refractivity contribution in [2.45, 2.75) is 20.8 Å². The molecule has 3 N–H and O–H groups in total. The number of carbonyl (C=O) groups is 1. The van der Waals surface area contributed by atoms with Crippen LogP contribution < -0.4 is 15.8 Å². The monoisotopic (exact) mass is 623 g/mol. The van der Waals surface area contributed by atoms with Crippen molar-refractivity contribution in [3.8, 4) is 44.5 Å². The molecule has 0 aliphatic heterocycles. The van der Waals surface area contributed by atoms with Gasteiger partial charge in [0.05, 0.1) is 6.20 Å². The molecule has 0 bridgehead atoms. The second-order valence-corrected chi connectivity index (χ2v) is 11.6. The first kappa shape index (κ1) is 29.6. The highest BCUT2D eigenvalue weighted by Gasteiger charge is 2.27. The predicted molar refractivity (Wildman–Crippen MR) is 172 cm³/mol. The number of hydrogen-bond donors (Lipinski definition) is 2. The number of amides is 1. The summed E-state index contributed by atoms with van der Waals surface area (Å²) in [6, 6.07) is 9.72. The summed E-state index contributed by atoms with van der Waals surface area (Å²) in [4.78, 5) is 25.4. The van der Waals surface area contributed by atoms with Gasteiger partial charge in [0, 0.05) is 79.8 Å². The van der Waals surface area contributed by atoms with E-state index in [1.165, 1.54) is 29.7 Å². The van der Waals surface area contributed by atoms with E-state index in [-0.39, 0.29) is 29.0 Å². The van der Waals surface area contributed by atoms with Crippen LogP contribution in [0.3, 0.4) is 0 Å². The van der Waals surface area contributed by atoms with Gasteiger partial charge in [-0.15, -0.1) is 11.3 Å². The lowest BCUT2D eigenvalue weighted by Crippen LogP contribution is -2.11. The van der Waals surface area contributed by atoms with Gasteiger partial charge >= 0.3 is 6.01 Å². The molecular formula is C33H27F2N7O2S. The van der Waals surface area contributed by atoms with Gasteiger partial charge in [0.25, 0.3) is 5.91 Å². The third kappa shape index (κ3) is 5.51. The smallest absolute Gasteiger partial charge is 0.322 e. The largest absolute Gasteiger partial charge is 0.421 e. The van der Waals surface area contributed by atoms with Crippen LogP contribution in [0.5, 0.6) is 11.8 Å². The molecule has 0 fully saturated rings. The summed E-state index contributed by atoms with van der Waals surface area (Å²) in [6.07, 6.45) is 6.67. The third-order valence-electron chi connectivity index (χ3n) is 7.16. The molecule has 0 saturated heterocycles. The maximum absolute atomic E-state index is 16.2. The summed E-state index contributed by atoms with van der Waals surface area (Å²) in [5, 5.41) is 7.58. The van der Waals surface area contributed by atoms with Gasteiger partial charge in [0.2, 0.25) is 5.82 Å². The normalized spacial score (nSPS) is 11.2. The molecule has 0 aliphatic rings. The van der Waals surface area contributed by atoms with Crippen molar-refractivity contribution in [2.24, 2.45) is 7.05 Å². The summed E-state index contributed by atoms with van der Waals surface area (Å²) in [5.74, 6) is -2.84. The van der Waals surface area contributed by atoms with Crippen molar-refractivity contribution in [2.75, 3.05) is 11.1 Å². The first-order chi connectivity index (χ1) is 21.5. The maximum atomic E-state index is 16.2. The number of benzene rings is 2. The minimum atomic E-state index is -1.20. The quantitative estimate of drug-likeness (QED) is 0.176. The van der Waals surface area contributed by atoms with Crippen LogP contribution in [0.2, 0.25) is 0 Å². The lowest BCUT2D eigenvalue weighted by molar-refractivity contribution is -0.112. The molecule has 2 aromatic carbocycles. The molecule has 9 nitrogen and oxygen atoms in total. The molecule has 0 radical (unpaired) electrons. The lowest BCUT2D eigenvalue weighted by Gasteiger charge is -2.13. The molecule has 0 atom stereocenters. The van der Waals surface area contributed by atoms with Crippen LogP contribution in [0.15, 0.2) is 73.3 Å². The van der Waals surface area contributed by atoms with Crippen LogP contribution >= 0.6 is 11.3 Å². The van der Waals surface area contributed by atoms with Gasteiger partial charge in [-0.3, -0.25) is 9.48 Å². The average Bonchev–Trinajstić information content (AvgIpc) is 3.60. The molecule has 0 spiro atoms. The van der Waals surface area contributed by atoms with E-state index in [2.05, 4.69) is 31.9 Å². The van der Waals surface area contributed by atoms with Gasteiger partial charge in [-0.2, -0.15) is 9.49 Å². The molecular weight excluding hydrogens is 596 g/mol. The molecule has 1 amide bonds. The minimum absolute atomic E-state index is 0.0258. The number of anilines is 2. The summed E-state index contributed by atoms with van der Waals surface area (Å²) in [7, 11) is 1.80. The van der Waals surface area contributed by atoms with E-state index in [0.717, 1.165) is 27.0 Å². The van der Waals surface area contributed by atoms with Crippen LogP contribution in [-0.4, -0.2) is 30.6 Å². The number of aromatic nitrogens is 5. The number of fused-ring (bicyclic) bond motifs is 1. The number of carbonyl (C=O) groups excluding carboxylic acids is 1. The topological polar surface area (TPSA) is 121 Å². The van der Waals surface area contributed by atoms with Gasteiger partial charge in [0.15, 0.2) is 11.6 Å². The Bertz CT molecular complexity index is 2160. The molecule has 0 unspecified atom stereocenters. The van der Waals surface area contributed by atoms with Crippen molar-refractivity contribution < 1.29 is 18.3 Å². The number of ether oxygens (including phenoxy) is 1. The Hall–Kier alpha value is -5.49. The Labute approximate surface area is 261 Å². The van der Waals surface area contributed by atoms with Crippen molar-refractivity contribution in [1.29, 1.82) is 0 Å². The minimum Gasteiger partial charge on any atom is -0.421 e. The summed E-state index contributed by atoms with van der Waals surface area (Å²) < 4.78 is 39.7. The number of thiophene rings is 1. The molecule has 0 saturated carbocycles. The summed E-state index contributed by atoms with van der Waals surface area (Å²) in [5.41, 5.74) is 11.4. The zero-order valence-electron chi connectivity index (χ0n) is 24.8. The Morgan fingerprint density at radius 3 is 2.51 bits per heavy atom. The van der Waals surface area contributed by atoms with E-state index in [1.54, 1.807) is 50.1 Å². The van der Waals surface area contributed by atoms with Crippen LogP contribution in [0.25, 0.3) is 42.8 Å². The highest BCUT2D eigenvalue weighted by Crippen LogP contribution is 2.51. The van der Waals surface area contributed by atoms with Crippen LogP contribution in [0.1, 0.15) is 18.2 Å². The van der Waals surface area contributed by atoms with Crippen LogP contribution in [0, 0.1) is 25.5 Å². The fourth-order valence-electron chi connectivity index (χ4n) is 4.95. The first-order valence-electron chi connectivity index (χ1n) is 13.8. The lowest BCUT2D eigenvalue weighted by atomic mass is 9.95. The van der Waals surface area contributed by atoms with Gasteiger partial charge in [-0.05, 0) is 62.2 Å². The van der Waals surface area contributed by atoms with E-state index < -0.39 is 11.6 Å². The van der Waals surface area contributed by atoms with E-state index in [1.807, 2.05) is 25.3 Å². The number of nitrogen functional groups attached to an aromatic ring is 1. The summed E-state index contributed by atoms with van der Waals surface area (Å²) >= 11 is 1.38. The van der Waals surface area contributed by atoms with Crippen molar-refractivity contribution in [3.63, 3.8) is 0 Å². The number of aryl methyl sites for hydroxylation is 3. The highest BCUT2D eigenvalue weighted by molar-refractivity contribution is 7.23. The molecule has 45 heavy (non-hydrogen) atoms. The first-order valence-corrected chi connectivity index (χ1v) is 14.6. The molecule has 4 heterocycles. The Morgan fingerprint density at radius 1 is 1.04 bits per heavy atom. The Morgan fingerprint density at radius 2 is 1.82 bits per heavy atom. The number of nitrogens with zero attached hydrogens (tertiary/aromatic N) is 5. The van der Waals surface area contributed by atoms with E-state index in [9.17, 15) is 4.79 Å². The van der Waals surface area contributed by atoms with Crippen molar-refractivity contribution in [3.05, 3.63) is 96.2 Å². The van der Waals surface area contributed by atoms with Gasteiger partial charge in [-0.1, -0.05) is 12.6 Å². The second kappa shape index (κ2) is 11.5. The zero-order chi connectivity index (χ0) is 32.0. The van der Waals surface area contributed by atoms with Gasteiger partial charge in [-0.25, -0.2) is 19.3 Å². The van der Waals surface area contributed by atoms with Gasteiger partial charge in [0.1, 0.15) is 5.82 Å². The zero-order valence-corrected chi connectivity index (χ0v) is 25.6. The van der Waals surface area contributed by atoms with Gasteiger partial charge < -0.3 is 15.8 Å². The molecule has 6 rings (SSSR count). The standard InChI is InChI=1S/C33H27F2N7O2S/c1-16(2)32(43)41-20-6-7-21(17(3)12-20)29-25(26-30(45-29)23(14-38-31(26)36)19-13-39-42(5)15-19)22-8-9-24(28(35)27(22)34)44-33-37-11-10-18(4)40-33/h6-15H,1H2,2-5H3,(H2,36,38)(H,41,43). The average molecular weight is 624 g/mol. The van der Waals surface area contributed by atoms with Crippen molar-refractivity contribution >= 4 is 38.8 Å². The molecule has 226 valence electrons. The highest BCUT2D eigenvalue weighted by atomic mass is 32.1. The van der Waals surface area contributed by atoms with E-state index in [0.29, 0.717) is 32.8 Å². The molecule has 12 heteroatoms. The second-order valence-electron chi connectivity index (χ2n) is 10.6. The fraction of sp³-hybridized carbons (Fsp3) is 0.121. The molecule has 0 aliphatic carbocycles. The SMILES string of the molecule is C=C(C)C(=O)Nc1ccc(-c2sc3c(-c4cnn(C)c4)cnc(N)c3c2-c2ccc(Oc3nccc(C)n3)c(F)c2F)c(C)c1.